The van der Waals surface area contributed by atoms with Crippen LogP contribution < -0.4 is 4.74 Å². The highest BCUT2D eigenvalue weighted by molar-refractivity contribution is 6.31. The zero-order valence-corrected chi connectivity index (χ0v) is 8.12. The van der Waals surface area contributed by atoms with Crippen molar-refractivity contribution in [2.24, 2.45) is 0 Å². The normalized spacial score (nSPS) is 11.5. The van der Waals surface area contributed by atoms with Crippen LogP contribution in [0.4, 0.5) is 13.2 Å². The lowest BCUT2D eigenvalue weighted by Gasteiger charge is -2.09. The van der Waals surface area contributed by atoms with Crippen LogP contribution in [0.5, 0.6) is 5.75 Å². The summed E-state index contributed by atoms with van der Waals surface area (Å²) in [6.45, 7) is 0. The molecule has 0 aromatic heterocycles. The number of rotatable bonds is 2. The van der Waals surface area contributed by atoms with E-state index < -0.39 is 12.6 Å². The quantitative estimate of drug-likeness (QED) is 0.748. The van der Waals surface area contributed by atoms with E-state index in [2.05, 4.69) is 0 Å². The molecule has 0 amide bonds. The summed E-state index contributed by atoms with van der Waals surface area (Å²) in [4.78, 5) is 0. The van der Waals surface area contributed by atoms with Crippen molar-refractivity contribution in [2.45, 2.75) is 12.6 Å². The standard InChI is InChI=1S/C9H8ClF3O/c1-14-7-3-2-6(8(10)4-7)5-9(11,12)13/h2-4H,5H2,1H3. The molecular weight excluding hydrogens is 217 g/mol. The second kappa shape index (κ2) is 4.09. The smallest absolute Gasteiger partial charge is 0.393 e. The van der Waals surface area contributed by atoms with Gasteiger partial charge in [0.2, 0.25) is 0 Å². The van der Waals surface area contributed by atoms with Gasteiger partial charge in [0, 0.05) is 5.02 Å². The first-order valence-electron chi connectivity index (χ1n) is 3.81. The van der Waals surface area contributed by atoms with Gasteiger partial charge in [-0.05, 0) is 17.7 Å². The molecule has 0 radical (unpaired) electrons. The fourth-order valence-electron chi connectivity index (χ4n) is 1.01. The minimum atomic E-state index is -4.24. The summed E-state index contributed by atoms with van der Waals surface area (Å²) in [6.07, 6.45) is -5.26. The zero-order chi connectivity index (χ0) is 10.8. The van der Waals surface area contributed by atoms with Crippen molar-refractivity contribution in [1.82, 2.24) is 0 Å². The topological polar surface area (TPSA) is 9.23 Å². The van der Waals surface area contributed by atoms with E-state index in [-0.39, 0.29) is 10.6 Å². The molecule has 1 aromatic rings. The Balaban J connectivity index is 2.89. The molecule has 0 heterocycles. The molecule has 0 saturated heterocycles. The maximum Gasteiger partial charge on any atom is 0.393 e. The van der Waals surface area contributed by atoms with Gasteiger partial charge in [-0.3, -0.25) is 0 Å². The highest BCUT2D eigenvalue weighted by Gasteiger charge is 2.28. The Labute approximate surface area is 84.4 Å². The molecule has 0 unspecified atom stereocenters. The number of alkyl halides is 3. The van der Waals surface area contributed by atoms with E-state index in [1.54, 1.807) is 0 Å². The number of benzene rings is 1. The van der Waals surface area contributed by atoms with Crippen LogP contribution in [0.15, 0.2) is 18.2 Å². The average molecular weight is 225 g/mol. The molecule has 5 heteroatoms. The maximum absolute atomic E-state index is 12.0. The molecule has 1 nitrogen and oxygen atoms in total. The summed E-state index contributed by atoms with van der Waals surface area (Å²) < 4.78 is 40.9. The first kappa shape index (κ1) is 11.2. The molecule has 0 N–H and O–H groups in total. The van der Waals surface area contributed by atoms with Gasteiger partial charge in [0.25, 0.3) is 0 Å². The third-order valence-corrected chi connectivity index (χ3v) is 2.00. The van der Waals surface area contributed by atoms with Gasteiger partial charge in [-0.2, -0.15) is 13.2 Å². The maximum atomic E-state index is 12.0. The fraction of sp³-hybridized carbons (Fsp3) is 0.333. The monoisotopic (exact) mass is 224 g/mol. The molecule has 0 bridgehead atoms. The van der Waals surface area contributed by atoms with E-state index in [0.717, 1.165) is 0 Å². The molecule has 0 aliphatic carbocycles. The lowest BCUT2D eigenvalue weighted by molar-refractivity contribution is -0.127. The number of hydrogen-bond acceptors (Lipinski definition) is 1. The average Bonchev–Trinajstić information content (AvgIpc) is 2.06. The van der Waals surface area contributed by atoms with E-state index in [9.17, 15) is 13.2 Å². The highest BCUT2D eigenvalue weighted by atomic mass is 35.5. The largest absolute Gasteiger partial charge is 0.497 e. The van der Waals surface area contributed by atoms with Gasteiger partial charge >= 0.3 is 6.18 Å². The van der Waals surface area contributed by atoms with Crippen LogP contribution in [-0.4, -0.2) is 13.3 Å². The van der Waals surface area contributed by atoms with Crippen molar-refractivity contribution >= 4 is 11.6 Å². The molecule has 1 aromatic carbocycles. The molecule has 78 valence electrons. The van der Waals surface area contributed by atoms with E-state index >= 15 is 0 Å². The van der Waals surface area contributed by atoms with Crippen LogP contribution in [-0.2, 0) is 6.42 Å². The Morgan fingerprint density at radius 1 is 1.36 bits per heavy atom. The van der Waals surface area contributed by atoms with Crippen LogP contribution in [0.2, 0.25) is 5.02 Å². The minimum absolute atomic E-state index is 0.0555. The van der Waals surface area contributed by atoms with Gasteiger partial charge in [-0.25, -0.2) is 0 Å². The van der Waals surface area contributed by atoms with E-state index in [1.807, 2.05) is 0 Å². The predicted molar refractivity (Wildman–Crippen MR) is 47.8 cm³/mol. The Kier molecular flexibility index (Phi) is 3.26. The van der Waals surface area contributed by atoms with Gasteiger partial charge in [-0.15, -0.1) is 0 Å². The molecule has 1 rings (SSSR count). The minimum Gasteiger partial charge on any atom is -0.497 e. The van der Waals surface area contributed by atoms with Crippen LogP contribution in [0, 0.1) is 0 Å². The van der Waals surface area contributed by atoms with Crippen LogP contribution >= 0.6 is 11.6 Å². The first-order valence-corrected chi connectivity index (χ1v) is 4.19. The lowest BCUT2D eigenvalue weighted by Crippen LogP contribution is -2.11. The van der Waals surface area contributed by atoms with Crippen LogP contribution in [0.25, 0.3) is 0 Å². The molecule has 0 atom stereocenters. The Morgan fingerprint density at radius 2 is 2.00 bits per heavy atom. The van der Waals surface area contributed by atoms with Gasteiger partial charge < -0.3 is 4.74 Å². The number of hydrogen-bond donors (Lipinski definition) is 0. The van der Waals surface area contributed by atoms with Crippen molar-refractivity contribution < 1.29 is 17.9 Å². The molecule has 0 aliphatic rings. The molecule has 14 heavy (non-hydrogen) atoms. The SMILES string of the molecule is COc1ccc(CC(F)(F)F)c(Cl)c1. The van der Waals surface area contributed by atoms with E-state index in [0.29, 0.717) is 5.75 Å². The summed E-state index contributed by atoms with van der Waals surface area (Å²) in [6, 6.07) is 4.13. The summed E-state index contributed by atoms with van der Waals surface area (Å²) in [5.74, 6) is 0.445. The molecule has 0 fully saturated rings. The first-order chi connectivity index (χ1) is 6.42. The van der Waals surface area contributed by atoms with Crippen molar-refractivity contribution in [3.63, 3.8) is 0 Å². The Morgan fingerprint density at radius 3 is 2.43 bits per heavy atom. The van der Waals surface area contributed by atoms with Gasteiger partial charge in [0.1, 0.15) is 5.75 Å². The third-order valence-electron chi connectivity index (χ3n) is 1.65. The van der Waals surface area contributed by atoms with Crippen LogP contribution in [0.3, 0.4) is 0 Å². The number of methoxy groups -OCH3 is 1. The molecule has 0 aliphatic heterocycles. The van der Waals surface area contributed by atoms with E-state index in [4.69, 9.17) is 16.3 Å². The van der Waals surface area contributed by atoms with Gasteiger partial charge in [0.05, 0.1) is 13.5 Å². The summed E-state index contributed by atoms with van der Waals surface area (Å²) in [5.41, 5.74) is 0.0555. The molecular formula is C9H8ClF3O. The second-order valence-corrected chi connectivity index (χ2v) is 3.16. The second-order valence-electron chi connectivity index (χ2n) is 2.75. The number of ether oxygens (including phenoxy) is 1. The van der Waals surface area contributed by atoms with Crippen molar-refractivity contribution in [1.29, 1.82) is 0 Å². The van der Waals surface area contributed by atoms with Crippen molar-refractivity contribution in [3.8, 4) is 5.75 Å². The van der Waals surface area contributed by atoms with Gasteiger partial charge in [-0.1, -0.05) is 17.7 Å². The van der Waals surface area contributed by atoms with Gasteiger partial charge in [0.15, 0.2) is 0 Å². The zero-order valence-electron chi connectivity index (χ0n) is 7.36. The van der Waals surface area contributed by atoms with Crippen LogP contribution in [0.1, 0.15) is 5.56 Å². The van der Waals surface area contributed by atoms with Crippen molar-refractivity contribution in [2.75, 3.05) is 7.11 Å². The Hall–Kier alpha value is -0.900. The molecule has 0 saturated carbocycles. The fourth-order valence-corrected chi connectivity index (χ4v) is 1.25. The third kappa shape index (κ3) is 3.10. The summed E-state index contributed by atoms with van der Waals surface area (Å²) in [7, 11) is 1.43. The van der Waals surface area contributed by atoms with Crippen molar-refractivity contribution in [3.05, 3.63) is 28.8 Å². The molecule has 0 spiro atoms. The summed E-state index contributed by atoms with van der Waals surface area (Å²) >= 11 is 5.63. The highest BCUT2D eigenvalue weighted by Crippen LogP contribution is 2.28. The Bertz CT molecular complexity index is 322. The summed E-state index contributed by atoms with van der Waals surface area (Å²) in [5, 5.41) is 0.0710. The lowest BCUT2D eigenvalue weighted by atomic mass is 10.1. The predicted octanol–water partition coefficient (Wildman–Crippen LogP) is 3.45. The van der Waals surface area contributed by atoms with E-state index in [1.165, 1.54) is 25.3 Å². The number of halogens is 4.